The third-order valence-corrected chi connectivity index (χ3v) is 2.37. The van der Waals surface area contributed by atoms with E-state index in [-0.39, 0.29) is 0 Å². The largest absolute Gasteiger partial charge is 0.495 e. The molecular formula is C9H11BrO2. The molecule has 2 nitrogen and oxygen atoms in total. The molecule has 0 heterocycles. The fraction of sp³-hybridized carbons (Fsp3) is 0.333. The number of hydrogen-bond acceptors (Lipinski definition) is 2. The summed E-state index contributed by atoms with van der Waals surface area (Å²) in [6.45, 7) is 2.00. The maximum atomic E-state index is 5.14. The van der Waals surface area contributed by atoms with E-state index in [2.05, 4.69) is 15.9 Å². The lowest BCUT2D eigenvalue weighted by molar-refractivity contribution is 0.389. The molecule has 0 saturated heterocycles. The molecule has 0 aliphatic rings. The summed E-state index contributed by atoms with van der Waals surface area (Å²) in [7, 11) is 3.28. The number of aryl methyl sites for hydroxylation is 1. The van der Waals surface area contributed by atoms with Gasteiger partial charge in [-0.2, -0.15) is 0 Å². The first-order chi connectivity index (χ1) is 5.69. The first-order valence-electron chi connectivity index (χ1n) is 3.57. The Morgan fingerprint density at radius 2 is 1.50 bits per heavy atom. The third kappa shape index (κ3) is 1.72. The zero-order valence-corrected chi connectivity index (χ0v) is 8.94. The Balaban J connectivity index is 3.22. The van der Waals surface area contributed by atoms with Crippen molar-refractivity contribution in [1.29, 1.82) is 0 Å². The molecule has 0 aliphatic carbocycles. The van der Waals surface area contributed by atoms with Crippen LogP contribution in [0.25, 0.3) is 0 Å². The predicted molar refractivity (Wildman–Crippen MR) is 52.0 cm³/mol. The van der Waals surface area contributed by atoms with E-state index >= 15 is 0 Å². The first-order valence-corrected chi connectivity index (χ1v) is 4.36. The van der Waals surface area contributed by atoms with Gasteiger partial charge < -0.3 is 9.47 Å². The zero-order chi connectivity index (χ0) is 9.14. The summed E-state index contributed by atoms with van der Waals surface area (Å²) in [5.41, 5.74) is 1.12. The molecule has 0 bridgehead atoms. The minimum atomic E-state index is 0.798. The van der Waals surface area contributed by atoms with Crippen LogP contribution in [-0.4, -0.2) is 14.2 Å². The van der Waals surface area contributed by atoms with E-state index in [4.69, 9.17) is 9.47 Å². The lowest BCUT2D eigenvalue weighted by Crippen LogP contribution is -1.90. The Hall–Kier alpha value is -0.700. The van der Waals surface area contributed by atoms with Gasteiger partial charge in [0.15, 0.2) is 0 Å². The van der Waals surface area contributed by atoms with Crippen LogP contribution in [0.5, 0.6) is 11.5 Å². The first kappa shape index (κ1) is 9.39. The maximum absolute atomic E-state index is 5.14. The molecule has 1 aromatic rings. The molecule has 0 N–H and O–H groups in total. The van der Waals surface area contributed by atoms with Crippen LogP contribution < -0.4 is 9.47 Å². The van der Waals surface area contributed by atoms with Crippen LogP contribution in [0.1, 0.15) is 5.56 Å². The summed E-state index contributed by atoms with van der Waals surface area (Å²) in [4.78, 5) is 0. The van der Waals surface area contributed by atoms with E-state index in [0.29, 0.717) is 0 Å². The Labute approximate surface area is 80.6 Å². The topological polar surface area (TPSA) is 18.5 Å². The van der Waals surface area contributed by atoms with Gasteiger partial charge in [-0.25, -0.2) is 0 Å². The molecule has 66 valence electrons. The second-order valence-corrected chi connectivity index (χ2v) is 3.28. The summed E-state index contributed by atoms with van der Waals surface area (Å²) in [5.74, 6) is 1.60. The number of methoxy groups -OCH3 is 2. The number of ether oxygens (including phenoxy) is 2. The predicted octanol–water partition coefficient (Wildman–Crippen LogP) is 2.77. The molecule has 0 unspecified atom stereocenters. The van der Waals surface area contributed by atoms with Gasteiger partial charge in [-0.15, -0.1) is 0 Å². The Bertz CT molecular complexity index is 259. The highest BCUT2D eigenvalue weighted by molar-refractivity contribution is 9.10. The van der Waals surface area contributed by atoms with E-state index in [1.807, 2.05) is 19.1 Å². The summed E-state index contributed by atoms with van der Waals surface area (Å²) in [5, 5.41) is 0. The summed E-state index contributed by atoms with van der Waals surface area (Å²) >= 11 is 3.39. The summed E-state index contributed by atoms with van der Waals surface area (Å²) in [6, 6.07) is 3.90. The van der Waals surface area contributed by atoms with Crippen molar-refractivity contribution in [3.05, 3.63) is 22.2 Å². The van der Waals surface area contributed by atoms with Crippen molar-refractivity contribution >= 4 is 15.9 Å². The van der Waals surface area contributed by atoms with E-state index in [9.17, 15) is 0 Å². The van der Waals surface area contributed by atoms with Crippen molar-refractivity contribution in [3.8, 4) is 11.5 Å². The molecule has 0 amide bonds. The van der Waals surface area contributed by atoms with Gasteiger partial charge in [0.25, 0.3) is 0 Å². The van der Waals surface area contributed by atoms with Gasteiger partial charge >= 0.3 is 0 Å². The fourth-order valence-electron chi connectivity index (χ4n) is 1.00. The highest BCUT2D eigenvalue weighted by Crippen LogP contribution is 2.35. The van der Waals surface area contributed by atoms with Crippen molar-refractivity contribution in [3.63, 3.8) is 0 Å². The third-order valence-electron chi connectivity index (χ3n) is 1.59. The van der Waals surface area contributed by atoms with Gasteiger partial charge in [0.2, 0.25) is 0 Å². The van der Waals surface area contributed by atoms with Crippen LogP contribution in [0.4, 0.5) is 0 Å². The SMILES string of the molecule is COc1cc(C)cc(OC)c1Br. The average molecular weight is 231 g/mol. The summed E-state index contributed by atoms with van der Waals surface area (Å²) < 4.78 is 11.1. The van der Waals surface area contributed by atoms with Gasteiger partial charge in [0, 0.05) is 0 Å². The van der Waals surface area contributed by atoms with Crippen LogP contribution in [-0.2, 0) is 0 Å². The van der Waals surface area contributed by atoms with Crippen LogP contribution in [0.3, 0.4) is 0 Å². The molecule has 0 radical (unpaired) electrons. The highest BCUT2D eigenvalue weighted by Gasteiger charge is 2.06. The number of rotatable bonds is 2. The van der Waals surface area contributed by atoms with E-state index in [1.165, 1.54) is 0 Å². The molecule has 0 saturated carbocycles. The van der Waals surface area contributed by atoms with Gasteiger partial charge in [-0.1, -0.05) is 0 Å². The minimum Gasteiger partial charge on any atom is -0.495 e. The molecular weight excluding hydrogens is 220 g/mol. The normalized spacial score (nSPS) is 9.67. The smallest absolute Gasteiger partial charge is 0.137 e. The van der Waals surface area contributed by atoms with Crippen LogP contribution >= 0.6 is 15.9 Å². The van der Waals surface area contributed by atoms with E-state index in [0.717, 1.165) is 21.5 Å². The lowest BCUT2D eigenvalue weighted by Gasteiger charge is -2.08. The minimum absolute atomic E-state index is 0.798. The quantitative estimate of drug-likeness (QED) is 0.779. The van der Waals surface area contributed by atoms with Crippen molar-refractivity contribution in [1.82, 2.24) is 0 Å². The molecule has 0 aliphatic heterocycles. The maximum Gasteiger partial charge on any atom is 0.137 e. The van der Waals surface area contributed by atoms with Crippen molar-refractivity contribution in [2.24, 2.45) is 0 Å². The number of hydrogen-bond donors (Lipinski definition) is 0. The zero-order valence-electron chi connectivity index (χ0n) is 7.35. The number of benzene rings is 1. The molecule has 0 spiro atoms. The van der Waals surface area contributed by atoms with Gasteiger partial charge in [0.1, 0.15) is 16.0 Å². The van der Waals surface area contributed by atoms with Crippen molar-refractivity contribution < 1.29 is 9.47 Å². The van der Waals surface area contributed by atoms with Crippen molar-refractivity contribution in [2.45, 2.75) is 6.92 Å². The van der Waals surface area contributed by atoms with Crippen molar-refractivity contribution in [2.75, 3.05) is 14.2 Å². The van der Waals surface area contributed by atoms with E-state index < -0.39 is 0 Å². The van der Waals surface area contributed by atoms with Gasteiger partial charge in [-0.3, -0.25) is 0 Å². The molecule has 12 heavy (non-hydrogen) atoms. The Kier molecular flexibility index (Phi) is 2.98. The molecule has 3 heteroatoms. The van der Waals surface area contributed by atoms with Crippen LogP contribution in [0.15, 0.2) is 16.6 Å². The molecule has 1 aromatic carbocycles. The molecule has 0 fully saturated rings. The lowest BCUT2D eigenvalue weighted by atomic mass is 10.2. The fourth-order valence-corrected chi connectivity index (χ4v) is 1.55. The molecule has 0 aromatic heterocycles. The molecule has 1 rings (SSSR count). The van der Waals surface area contributed by atoms with Crippen LogP contribution in [0, 0.1) is 6.92 Å². The Morgan fingerprint density at radius 1 is 1.08 bits per heavy atom. The van der Waals surface area contributed by atoms with Gasteiger partial charge in [0.05, 0.1) is 14.2 Å². The van der Waals surface area contributed by atoms with Gasteiger partial charge in [-0.05, 0) is 40.5 Å². The van der Waals surface area contributed by atoms with E-state index in [1.54, 1.807) is 14.2 Å². The Morgan fingerprint density at radius 3 is 1.83 bits per heavy atom. The standard InChI is InChI=1S/C9H11BrO2/c1-6-4-7(11-2)9(10)8(5-6)12-3/h4-5H,1-3H3. The molecule has 0 atom stereocenters. The number of halogens is 1. The summed E-state index contributed by atoms with van der Waals surface area (Å²) in [6.07, 6.45) is 0. The second-order valence-electron chi connectivity index (χ2n) is 2.48. The monoisotopic (exact) mass is 230 g/mol. The highest BCUT2D eigenvalue weighted by atomic mass is 79.9. The second kappa shape index (κ2) is 3.81. The average Bonchev–Trinajstić information content (AvgIpc) is 2.08. The van der Waals surface area contributed by atoms with Crippen LogP contribution in [0.2, 0.25) is 0 Å².